The predicted octanol–water partition coefficient (Wildman–Crippen LogP) is 3.60. The van der Waals surface area contributed by atoms with E-state index in [2.05, 4.69) is 5.32 Å². The Labute approximate surface area is 138 Å². The van der Waals surface area contributed by atoms with Gasteiger partial charge in [0, 0.05) is 5.69 Å². The Bertz CT molecular complexity index is 764. The zero-order valence-corrected chi connectivity index (χ0v) is 13.0. The minimum Gasteiger partial charge on any atom is -0.454 e. The number of ether oxygens (including phenoxy) is 1. The number of carbonyl (C=O) groups is 2. The van der Waals surface area contributed by atoms with Gasteiger partial charge in [0.25, 0.3) is 0 Å². The van der Waals surface area contributed by atoms with E-state index in [9.17, 15) is 14.0 Å². The van der Waals surface area contributed by atoms with Crippen LogP contribution in [-0.4, -0.2) is 11.9 Å². The lowest BCUT2D eigenvalue weighted by Crippen LogP contribution is -2.11. The van der Waals surface area contributed by atoms with Crippen molar-refractivity contribution in [3.8, 4) is 6.07 Å². The number of anilines is 1. The monoisotopic (exact) mass is 326 g/mol. The Morgan fingerprint density at radius 1 is 1.17 bits per heavy atom. The van der Waals surface area contributed by atoms with Crippen molar-refractivity contribution in [2.24, 2.45) is 0 Å². The number of amides is 1. The van der Waals surface area contributed by atoms with E-state index in [-0.39, 0.29) is 12.2 Å². The van der Waals surface area contributed by atoms with Crippen LogP contribution in [0.25, 0.3) is 0 Å². The van der Waals surface area contributed by atoms with Crippen molar-refractivity contribution < 1.29 is 18.7 Å². The fourth-order valence-corrected chi connectivity index (χ4v) is 2.00. The molecule has 0 saturated carbocycles. The van der Waals surface area contributed by atoms with E-state index in [0.717, 1.165) is 0 Å². The molecule has 0 fully saturated rings. The third-order valence-corrected chi connectivity index (χ3v) is 3.27. The fourth-order valence-electron chi connectivity index (χ4n) is 2.00. The Balaban J connectivity index is 1.98. The molecule has 2 rings (SSSR count). The Hall–Kier alpha value is -3.20. The number of benzene rings is 2. The largest absolute Gasteiger partial charge is 0.454 e. The number of esters is 1. The lowest BCUT2D eigenvalue weighted by atomic mass is 10.1. The Morgan fingerprint density at radius 3 is 2.38 bits per heavy atom. The van der Waals surface area contributed by atoms with E-state index in [1.54, 1.807) is 37.3 Å². The quantitative estimate of drug-likeness (QED) is 0.852. The van der Waals surface area contributed by atoms with Gasteiger partial charge >= 0.3 is 5.97 Å². The van der Waals surface area contributed by atoms with Crippen LogP contribution in [0.3, 0.4) is 0 Å². The number of nitriles is 1. The number of hydrogen-bond donors (Lipinski definition) is 1. The van der Waals surface area contributed by atoms with Gasteiger partial charge in [0.1, 0.15) is 18.3 Å². The van der Waals surface area contributed by atoms with E-state index in [4.69, 9.17) is 10.00 Å². The van der Waals surface area contributed by atoms with Gasteiger partial charge < -0.3 is 10.1 Å². The molecule has 0 aliphatic heterocycles. The van der Waals surface area contributed by atoms with Crippen molar-refractivity contribution in [3.05, 3.63) is 65.5 Å². The Kier molecular flexibility index (Phi) is 5.63. The third kappa shape index (κ3) is 4.65. The zero-order valence-electron chi connectivity index (χ0n) is 13.0. The molecule has 122 valence electrons. The first-order chi connectivity index (χ1) is 11.5. The summed E-state index contributed by atoms with van der Waals surface area (Å²) >= 11 is 0. The molecule has 0 saturated heterocycles. The number of nitrogens with zero attached hydrogens (tertiary/aromatic N) is 1. The number of nitrogens with one attached hydrogen (secondary N) is 1. The maximum atomic E-state index is 12.9. The number of carbonyl (C=O) groups excluding carboxylic acids is 2. The maximum Gasteiger partial charge on any atom is 0.338 e. The first-order valence-electron chi connectivity index (χ1n) is 7.23. The smallest absolute Gasteiger partial charge is 0.338 e. The summed E-state index contributed by atoms with van der Waals surface area (Å²) in [5, 5.41) is 11.0. The minimum absolute atomic E-state index is 0.237. The summed E-state index contributed by atoms with van der Waals surface area (Å²) in [5.41, 5.74) is 1.49. The van der Waals surface area contributed by atoms with Crippen molar-refractivity contribution >= 4 is 17.6 Å². The minimum atomic E-state index is -0.526. The molecule has 1 amide bonds. The predicted molar refractivity (Wildman–Crippen MR) is 85.5 cm³/mol. The van der Waals surface area contributed by atoms with E-state index < -0.39 is 18.0 Å². The molecule has 0 unspecified atom stereocenters. The number of rotatable bonds is 5. The molecular formula is C18H15FN2O3. The molecule has 24 heavy (non-hydrogen) atoms. The molecule has 1 N–H and O–H groups in total. The molecule has 2 aromatic carbocycles. The standard InChI is InChI=1S/C18H15FN2O3/c1-12(13-2-6-15(19)7-3-13)24-18(23)14-4-8-16(9-5-14)21-17(22)10-11-20/h2-9,12H,10H2,1H3,(H,21,22)/t12-/m1/s1. The topological polar surface area (TPSA) is 79.2 Å². The van der Waals surface area contributed by atoms with Gasteiger partial charge in [-0.1, -0.05) is 12.1 Å². The van der Waals surface area contributed by atoms with Crippen LogP contribution >= 0.6 is 0 Å². The summed E-state index contributed by atoms with van der Waals surface area (Å²) in [4.78, 5) is 23.4. The van der Waals surface area contributed by atoms with E-state index >= 15 is 0 Å². The van der Waals surface area contributed by atoms with Crippen molar-refractivity contribution in [2.45, 2.75) is 19.4 Å². The van der Waals surface area contributed by atoms with Crippen LogP contribution in [0.2, 0.25) is 0 Å². The molecule has 0 bridgehead atoms. The average molecular weight is 326 g/mol. The van der Waals surface area contributed by atoms with Crippen molar-refractivity contribution in [1.29, 1.82) is 5.26 Å². The zero-order chi connectivity index (χ0) is 17.5. The van der Waals surface area contributed by atoms with Crippen LogP contribution in [0.5, 0.6) is 0 Å². The van der Waals surface area contributed by atoms with Gasteiger partial charge in [-0.2, -0.15) is 5.26 Å². The average Bonchev–Trinajstić information content (AvgIpc) is 2.56. The van der Waals surface area contributed by atoms with Gasteiger partial charge in [0.15, 0.2) is 0 Å². The molecule has 5 nitrogen and oxygen atoms in total. The first-order valence-corrected chi connectivity index (χ1v) is 7.23. The molecule has 0 heterocycles. The highest BCUT2D eigenvalue weighted by Crippen LogP contribution is 2.19. The Morgan fingerprint density at radius 2 is 1.79 bits per heavy atom. The third-order valence-electron chi connectivity index (χ3n) is 3.27. The summed E-state index contributed by atoms with van der Waals surface area (Å²) in [6.45, 7) is 1.70. The molecule has 0 aliphatic carbocycles. The molecule has 0 radical (unpaired) electrons. The highest BCUT2D eigenvalue weighted by atomic mass is 19.1. The van der Waals surface area contributed by atoms with Crippen LogP contribution in [0.1, 0.15) is 35.4 Å². The van der Waals surface area contributed by atoms with Crippen LogP contribution in [0.4, 0.5) is 10.1 Å². The molecule has 0 aromatic heterocycles. The van der Waals surface area contributed by atoms with Gasteiger partial charge in [-0.25, -0.2) is 9.18 Å². The summed E-state index contributed by atoms with van der Waals surface area (Å²) in [6, 6.07) is 13.6. The van der Waals surface area contributed by atoms with Crippen molar-refractivity contribution in [3.63, 3.8) is 0 Å². The van der Waals surface area contributed by atoms with Crippen molar-refractivity contribution in [2.75, 3.05) is 5.32 Å². The van der Waals surface area contributed by atoms with Gasteiger partial charge in [0.2, 0.25) is 5.91 Å². The fraction of sp³-hybridized carbons (Fsp3) is 0.167. The maximum absolute atomic E-state index is 12.9. The van der Waals surface area contributed by atoms with Crippen LogP contribution in [0.15, 0.2) is 48.5 Å². The molecular weight excluding hydrogens is 311 g/mol. The lowest BCUT2D eigenvalue weighted by Gasteiger charge is -2.14. The van der Waals surface area contributed by atoms with E-state index in [1.165, 1.54) is 24.3 Å². The number of hydrogen-bond acceptors (Lipinski definition) is 4. The van der Waals surface area contributed by atoms with Crippen LogP contribution in [-0.2, 0) is 9.53 Å². The van der Waals surface area contributed by atoms with Gasteiger partial charge in [-0.15, -0.1) is 0 Å². The summed E-state index contributed by atoms with van der Waals surface area (Å²) in [6.07, 6.45) is -0.757. The highest BCUT2D eigenvalue weighted by Gasteiger charge is 2.14. The molecule has 2 aromatic rings. The van der Waals surface area contributed by atoms with Gasteiger partial charge in [0.05, 0.1) is 11.6 Å². The lowest BCUT2D eigenvalue weighted by molar-refractivity contribution is -0.115. The summed E-state index contributed by atoms with van der Waals surface area (Å²) in [7, 11) is 0. The molecule has 0 aliphatic rings. The summed E-state index contributed by atoms with van der Waals surface area (Å²) in [5.74, 6) is -1.30. The van der Waals surface area contributed by atoms with E-state index in [0.29, 0.717) is 16.8 Å². The van der Waals surface area contributed by atoms with Crippen LogP contribution < -0.4 is 5.32 Å². The van der Waals surface area contributed by atoms with Gasteiger partial charge in [-0.3, -0.25) is 4.79 Å². The van der Waals surface area contributed by atoms with Crippen molar-refractivity contribution in [1.82, 2.24) is 0 Å². The number of halogens is 1. The SMILES string of the molecule is C[C@@H](OC(=O)c1ccc(NC(=O)CC#N)cc1)c1ccc(F)cc1. The molecule has 1 atom stereocenters. The second kappa shape index (κ2) is 7.88. The van der Waals surface area contributed by atoms with Gasteiger partial charge in [-0.05, 0) is 48.9 Å². The molecule has 6 heteroatoms. The van der Waals surface area contributed by atoms with E-state index in [1.807, 2.05) is 0 Å². The summed E-state index contributed by atoms with van der Waals surface area (Å²) < 4.78 is 18.2. The second-order valence-corrected chi connectivity index (χ2v) is 5.06. The molecule has 0 spiro atoms. The first kappa shape index (κ1) is 17.2. The van der Waals surface area contributed by atoms with Crippen LogP contribution in [0, 0.1) is 17.1 Å². The second-order valence-electron chi connectivity index (χ2n) is 5.06. The highest BCUT2D eigenvalue weighted by molar-refractivity contribution is 5.93. The normalized spacial score (nSPS) is 11.2.